The highest BCUT2D eigenvalue weighted by atomic mass is 35.5. The summed E-state index contributed by atoms with van der Waals surface area (Å²) in [6.45, 7) is 6.02. The summed E-state index contributed by atoms with van der Waals surface area (Å²) in [5.41, 5.74) is 9.16. The molecule has 3 N–H and O–H groups in total. The Kier molecular flexibility index (Phi) is 6.19. The molecule has 2 aliphatic rings. The quantitative estimate of drug-likeness (QED) is 0.423. The molecule has 0 saturated carbocycles. The fourth-order valence-corrected chi connectivity index (χ4v) is 5.03. The lowest BCUT2D eigenvalue weighted by molar-refractivity contribution is -0.132. The van der Waals surface area contributed by atoms with E-state index >= 15 is 0 Å². The van der Waals surface area contributed by atoms with E-state index in [1.165, 1.54) is 12.4 Å². The normalized spacial score (nSPS) is 20.8. The fraction of sp³-hybridized carbons (Fsp3) is 0.360. The Morgan fingerprint density at radius 1 is 1.29 bits per heavy atom. The second-order valence-electron chi connectivity index (χ2n) is 8.93. The van der Waals surface area contributed by atoms with Crippen LogP contribution in [0.25, 0.3) is 22.3 Å². The largest absolute Gasteiger partial charge is 0.390 e. The van der Waals surface area contributed by atoms with Crippen LogP contribution in [0.2, 0.25) is 5.02 Å². The number of β-amino-alcohol motifs (C(OH)–C–C–N with tert-alkyl or cyclic N) is 1. The van der Waals surface area contributed by atoms with Gasteiger partial charge >= 0.3 is 0 Å². The third-order valence-electron chi connectivity index (χ3n) is 6.79. The average Bonchev–Trinajstić information content (AvgIpc) is 3.11. The van der Waals surface area contributed by atoms with Gasteiger partial charge in [0.15, 0.2) is 0 Å². The minimum Gasteiger partial charge on any atom is -0.390 e. The maximum atomic E-state index is 11.8. The lowest BCUT2D eigenvalue weighted by Crippen LogP contribution is -2.61. The van der Waals surface area contributed by atoms with Crippen molar-refractivity contribution in [1.82, 2.24) is 29.3 Å². The number of amides is 1. The number of nitrogen functional groups attached to an aromatic ring is 1. The lowest BCUT2D eigenvalue weighted by atomic mass is 9.92. The average molecular weight is 492 g/mol. The number of rotatable bonds is 3. The number of fused-ring (bicyclic) bond motifs is 1. The lowest BCUT2D eigenvalue weighted by Gasteiger charge is -2.47. The molecule has 5 rings (SSSR count). The maximum absolute atomic E-state index is 11.8. The predicted molar refractivity (Wildman–Crippen MR) is 134 cm³/mol. The zero-order valence-corrected chi connectivity index (χ0v) is 20.1. The van der Waals surface area contributed by atoms with Crippen molar-refractivity contribution in [2.45, 2.75) is 18.6 Å². The first-order chi connectivity index (χ1) is 16.9. The minimum absolute atomic E-state index is 0.0310. The van der Waals surface area contributed by atoms with Gasteiger partial charge in [-0.25, -0.2) is 9.97 Å². The Bertz CT molecular complexity index is 1350. The Balaban J connectivity index is 1.37. The number of nitrogens with zero attached hydrogens (tertiary/aromatic N) is 6. The molecule has 0 radical (unpaired) electrons. The molecule has 5 heterocycles. The van der Waals surface area contributed by atoms with Crippen LogP contribution in [0.1, 0.15) is 12.1 Å². The van der Waals surface area contributed by atoms with Gasteiger partial charge in [0.1, 0.15) is 23.5 Å². The Morgan fingerprint density at radius 2 is 2.09 bits per heavy atom. The van der Waals surface area contributed by atoms with Crippen LogP contribution >= 0.6 is 11.6 Å². The van der Waals surface area contributed by atoms with Crippen molar-refractivity contribution in [3.63, 3.8) is 0 Å². The molecule has 2 aliphatic heterocycles. The number of pyridine rings is 1. The van der Waals surface area contributed by atoms with Crippen molar-refractivity contribution in [3.05, 3.63) is 48.0 Å². The topological polar surface area (TPSA) is 113 Å². The smallest absolute Gasteiger partial charge is 0.246 e. The second kappa shape index (κ2) is 9.30. The van der Waals surface area contributed by atoms with E-state index in [0.29, 0.717) is 40.7 Å². The number of aromatic nitrogens is 4. The zero-order chi connectivity index (χ0) is 24.7. The van der Waals surface area contributed by atoms with Crippen molar-refractivity contribution < 1.29 is 9.90 Å². The van der Waals surface area contributed by atoms with Crippen molar-refractivity contribution in [2.75, 3.05) is 31.9 Å². The van der Waals surface area contributed by atoms with Crippen LogP contribution < -0.4 is 5.73 Å². The van der Waals surface area contributed by atoms with Gasteiger partial charge in [-0.3, -0.25) is 14.7 Å². The highest BCUT2D eigenvalue weighted by molar-refractivity contribution is 6.30. The van der Waals surface area contributed by atoms with E-state index in [2.05, 4.69) is 38.3 Å². The monoisotopic (exact) mass is 491 g/mol. The van der Waals surface area contributed by atoms with Crippen LogP contribution in [0, 0.1) is 17.8 Å². The van der Waals surface area contributed by atoms with Gasteiger partial charge in [-0.15, -0.1) is 0 Å². The van der Waals surface area contributed by atoms with E-state index in [-0.39, 0.29) is 17.9 Å². The van der Waals surface area contributed by atoms with Gasteiger partial charge in [-0.1, -0.05) is 24.1 Å². The number of hydrogen-bond acceptors (Lipinski definition) is 7. The molecule has 2 saturated heterocycles. The molecule has 3 aromatic heterocycles. The molecule has 0 unspecified atom stereocenters. The van der Waals surface area contributed by atoms with Crippen LogP contribution in [0.4, 0.5) is 5.82 Å². The van der Waals surface area contributed by atoms with E-state index in [1.807, 2.05) is 17.7 Å². The molecule has 2 atom stereocenters. The summed E-state index contributed by atoms with van der Waals surface area (Å²) in [4.78, 5) is 28.8. The number of aliphatic hydroxyl groups is 1. The number of carbonyl (C=O) groups is 1. The molecule has 2 fully saturated rings. The van der Waals surface area contributed by atoms with Crippen molar-refractivity contribution in [3.8, 4) is 23.1 Å². The number of nitrogens with two attached hydrogens (primary N) is 1. The van der Waals surface area contributed by atoms with Crippen LogP contribution in [-0.4, -0.2) is 78.7 Å². The minimum atomic E-state index is -0.580. The first-order valence-corrected chi connectivity index (χ1v) is 11.8. The summed E-state index contributed by atoms with van der Waals surface area (Å²) >= 11 is 6.05. The van der Waals surface area contributed by atoms with Gasteiger partial charge in [0, 0.05) is 56.9 Å². The molecule has 1 amide bonds. The van der Waals surface area contributed by atoms with Gasteiger partial charge in [0.25, 0.3) is 0 Å². The summed E-state index contributed by atoms with van der Waals surface area (Å²) in [6.07, 6.45) is 4.48. The Labute approximate surface area is 208 Å². The van der Waals surface area contributed by atoms with E-state index < -0.39 is 6.10 Å². The van der Waals surface area contributed by atoms with Crippen LogP contribution in [0.3, 0.4) is 0 Å². The number of hydrogen-bond donors (Lipinski definition) is 2. The number of piperidine rings is 1. The molecule has 35 heavy (non-hydrogen) atoms. The third-order valence-corrected chi connectivity index (χ3v) is 7.01. The number of carbonyl (C=O) groups excluding carboxylic acids is 1. The first-order valence-electron chi connectivity index (χ1n) is 11.4. The molecule has 10 heteroatoms. The van der Waals surface area contributed by atoms with E-state index in [0.717, 1.165) is 30.8 Å². The van der Waals surface area contributed by atoms with Gasteiger partial charge in [-0.2, -0.15) is 0 Å². The van der Waals surface area contributed by atoms with Gasteiger partial charge in [0.05, 0.1) is 22.2 Å². The fourth-order valence-electron chi connectivity index (χ4n) is 4.91. The Hall–Kier alpha value is -3.45. The number of halogens is 1. The third kappa shape index (κ3) is 4.25. The van der Waals surface area contributed by atoms with E-state index in [9.17, 15) is 9.90 Å². The first kappa shape index (κ1) is 23.3. The maximum Gasteiger partial charge on any atom is 0.246 e. The van der Waals surface area contributed by atoms with Gasteiger partial charge < -0.3 is 20.3 Å². The standard InChI is InChI=1S/C25H26ClN7O2/c1-3-21(35)32-9-8-18(20(34)13-32)33-11-15(12-33)4-7-19-22(17-6-5-16(26)10-28-17)23-24(27)29-14-30-25(23)31(19)2/h3,5-6,10,14-15,18,20,34H,1,8-9,11-13H2,2H3,(H2,27,29,30)/t18-,20+/m1/s1. The van der Waals surface area contributed by atoms with Gasteiger partial charge in [-0.05, 0) is 30.6 Å². The molecule has 0 bridgehead atoms. The van der Waals surface area contributed by atoms with Crippen LogP contribution in [0.5, 0.6) is 0 Å². The SMILES string of the molecule is C=CC(=O)N1CC[C@@H](N2CC(C#Cc3c(-c4ccc(Cl)cn4)c4c(N)ncnc4n3C)C2)[C@@H](O)C1. The molecule has 0 spiro atoms. The molecule has 0 aliphatic carbocycles. The molecule has 3 aromatic rings. The van der Waals surface area contributed by atoms with Crippen molar-refractivity contribution in [1.29, 1.82) is 0 Å². The number of aliphatic hydroxyl groups excluding tert-OH is 1. The molecule has 9 nitrogen and oxygen atoms in total. The van der Waals surface area contributed by atoms with E-state index in [4.69, 9.17) is 17.3 Å². The summed E-state index contributed by atoms with van der Waals surface area (Å²) in [7, 11) is 1.90. The number of anilines is 1. The predicted octanol–water partition coefficient (Wildman–Crippen LogP) is 1.70. The summed E-state index contributed by atoms with van der Waals surface area (Å²) in [6, 6.07) is 3.65. The van der Waals surface area contributed by atoms with Gasteiger partial charge in [0.2, 0.25) is 5.91 Å². The Morgan fingerprint density at radius 3 is 2.77 bits per heavy atom. The zero-order valence-electron chi connectivity index (χ0n) is 19.4. The van der Waals surface area contributed by atoms with Crippen LogP contribution in [0.15, 0.2) is 37.3 Å². The highest BCUT2D eigenvalue weighted by Crippen LogP contribution is 2.35. The summed E-state index contributed by atoms with van der Waals surface area (Å²) < 4.78 is 1.92. The molecular weight excluding hydrogens is 466 g/mol. The number of likely N-dealkylation sites (tertiary alicyclic amines) is 2. The summed E-state index contributed by atoms with van der Waals surface area (Å²) in [5, 5.41) is 11.8. The molecule has 0 aromatic carbocycles. The van der Waals surface area contributed by atoms with Crippen molar-refractivity contribution >= 4 is 34.4 Å². The van der Waals surface area contributed by atoms with Crippen LogP contribution in [-0.2, 0) is 11.8 Å². The molecular formula is C25H26ClN7O2. The summed E-state index contributed by atoms with van der Waals surface area (Å²) in [5.74, 6) is 7.13. The second-order valence-corrected chi connectivity index (χ2v) is 9.37. The number of aryl methyl sites for hydroxylation is 1. The highest BCUT2D eigenvalue weighted by Gasteiger charge is 2.38. The molecule has 180 valence electrons. The van der Waals surface area contributed by atoms with Crippen molar-refractivity contribution in [2.24, 2.45) is 13.0 Å². The van der Waals surface area contributed by atoms with E-state index in [1.54, 1.807) is 17.2 Å².